The molecule has 1 aliphatic rings. The van der Waals surface area contributed by atoms with Crippen LogP contribution in [0.15, 0.2) is 95.7 Å². The maximum Gasteiger partial charge on any atom is 0.353 e. The fraction of sp³-hybridized carbons (Fsp3) is 0.0714. The van der Waals surface area contributed by atoms with Gasteiger partial charge in [0.15, 0.2) is 0 Å². The zero-order valence-corrected chi connectivity index (χ0v) is 19.6. The summed E-state index contributed by atoms with van der Waals surface area (Å²) in [6.07, 6.45) is 0. The highest BCUT2D eigenvalue weighted by Crippen LogP contribution is 2.44. The van der Waals surface area contributed by atoms with Crippen LogP contribution >= 0.6 is 11.3 Å². The van der Waals surface area contributed by atoms with Crippen LogP contribution in [0.3, 0.4) is 0 Å². The average molecular weight is 499 g/mol. The molecule has 0 spiro atoms. The number of halogens is 1. The number of carbonyl (C=O) groups is 1. The molecule has 6 nitrogen and oxygen atoms in total. The smallest absolute Gasteiger partial charge is 0.353 e. The Kier molecular flexibility index (Phi) is 6.39. The van der Waals surface area contributed by atoms with Crippen LogP contribution in [0.1, 0.15) is 32.3 Å². The van der Waals surface area contributed by atoms with Gasteiger partial charge in [0.25, 0.3) is 0 Å². The number of ether oxygens (including phenoxy) is 3. The number of esters is 1. The molecule has 8 heteroatoms. The average Bonchev–Trinajstić information content (AvgIpc) is 3.43. The molecular weight excluding hydrogens is 479 g/mol. The van der Waals surface area contributed by atoms with E-state index in [0.29, 0.717) is 27.7 Å². The minimum atomic E-state index is -0.504. The van der Waals surface area contributed by atoms with E-state index in [-0.39, 0.29) is 23.9 Å². The van der Waals surface area contributed by atoms with Crippen molar-refractivity contribution in [3.05, 3.63) is 123 Å². The maximum absolute atomic E-state index is 13.2. The zero-order chi connectivity index (χ0) is 25.1. The Morgan fingerprint density at radius 2 is 1.89 bits per heavy atom. The molecule has 0 saturated carbocycles. The van der Waals surface area contributed by atoms with Gasteiger partial charge in [0.1, 0.15) is 46.2 Å². The second-order valence-corrected chi connectivity index (χ2v) is 8.93. The lowest BCUT2D eigenvalue weighted by molar-refractivity contribution is 0.0739. The Morgan fingerprint density at radius 3 is 2.64 bits per heavy atom. The monoisotopic (exact) mass is 498 g/mol. The normalized spacial score (nSPS) is 14.4. The summed E-state index contributed by atoms with van der Waals surface area (Å²) in [4.78, 5) is 12.8. The summed E-state index contributed by atoms with van der Waals surface area (Å²) >= 11 is 1.29. The molecule has 1 aromatic heterocycles. The van der Waals surface area contributed by atoms with Crippen molar-refractivity contribution in [3.8, 4) is 23.3 Å². The van der Waals surface area contributed by atoms with Crippen molar-refractivity contribution in [1.82, 2.24) is 0 Å². The van der Waals surface area contributed by atoms with Crippen LogP contribution in [-0.2, 0) is 6.61 Å². The number of carbonyl (C=O) groups excluding carboxylic acids is 1. The van der Waals surface area contributed by atoms with E-state index >= 15 is 0 Å². The topological polar surface area (TPSA) is 94.6 Å². The highest BCUT2D eigenvalue weighted by Gasteiger charge is 2.31. The molecule has 1 atom stereocenters. The van der Waals surface area contributed by atoms with Crippen molar-refractivity contribution in [2.24, 2.45) is 5.73 Å². The van der Waals surface area contributed by atoms with Crippen LogP contribution in [0.25, 0.3) is 0 Å². The molecule has 5 rings (SSSR count). The highest BCUT2D eigenvalue weighted by atomic mass is 32.1. The van der Waals surface area contributed by atoms with Gasteiger partial charge in [0.05, 0.1) is 5.92 Å². The number of allylic oxidation sites excluding steroid dienone is 1. The van der Waals surface area contributed by atoms with Crippen molar-refractivity contribution < 1.29 is 23.4 Å². The van der Waals surface area contributed by atoms with Crippen LogP contribution in [0.2, 0.25) is 0 Å². The van der Waals surface area contributed by atoms with E-state index in [0.717, 1.165) is 11.1 Å². The Bertz CT molecular complexity index is 1490. The number of benzene rings is 3. The Morgan fingerprint density at radius 1 is 1.06 bits per heavy atom. The van der Waals surface area contributed by atoms with Crippen molar-refractivity contribution in [2.75, 3.05) is 0 Å². The van der Waals surface area contributed by atoms with Crippen molar-refractivity contribution in [3.63, 3.8) is 0 Å². The molecule has 0 amide bonds. The molecule has 0 saturated heterocycles. The summed E-state index contributed by atoms with van der Waals surface area (Å²) in [7, 11) is 0. The summed E-state index contributed by atoms with van der Waals surface area (Å²) < 4.78 is 30.3. The minimum Gasteiger partial charge on any atom is -0.489 e. The largest absolute Gasteiger partial charge is 0.489 e. The molecule has 2 heterocycles. The summed E-state index contributed by atoms with van der Waals surface area (Å²) in [5.74, 6) is -0.0193. The lowest BCUT2D eigenvalue weighted by Gasteiger charge is -2.27. The van der Waals surface area contributed by atoms with Crippen LogP contribution in [0, 0.1) is 17.1 Å². The molecule has 178 valence electrons. The number of fused-ring (bicyclic) bond motifs is 1. The van der Waals surface area contributed by atoms with Gasteiger partial charge in [-0.2, -0.15) is 5.26 Å². The Balaban J connectivity index is 1.42. The summed E-state index contributed by atoms with van der Waals surface area (Å²) in [6, 6.07) is 24.0. The number of nitrogens with two attached hydrogens (primary N) is 1. The van der Waals surface area contributed by atoms with Gasteiger partial charge >= 0.3 is 5.97 Å². The molecule has 3 aromatic carbocycles. The van der Waals surface area contributed by atoms with Crippen LogP contribution in [-0.4, -0.2) is 5.97 Å². The van der Waals surface area contributed by atoms with E-state index in [9.17, 15) is 14.4 Å². The first kappa shape index (κ1) is 23.1. The number of nitriles is 1. The standard InChI is InChI=1S/C28H19FN2O4S/c29-19-8-6-17(7-9-19)16-33-20-4-1-3-18(13-20)26-22-11-10-21(34-28(32)25-5-2-12-36-25)14-24(22)35-27(31)23(26)15-30/h1-14,26H,16,31H2. The van der Waals surface area contributed by atoms with Gasteiger partial charge in [-0.1, -0.05) is 36.4 Å². The fourth-order valence-corrected chi connectivity index (χ4v) is 4.52. The Hall–Kier alpha value is -4.61. The van der Waals surface area contributed by atoms with Gasteiger partial charge in [-0.3, -0.25) is 0 Å². The summed E-state index contributed by atoms with van der Waals surface area (Å²) in [6.45, 7) is 0.260. The highest BCUT2D eigenvalue weighted by molar-refractivity contribution is 7.12. The first-order valence-corrected chi connectivity index (χ1v) is 11.8. The predicted octanol–water partition coefficient (Wildman–Crippen LogP) is 5.90. The van der Waals surface area contributed by atoms with Crippen LogP contribution in [0.4, 0.5) is 4.39 Å². The molecule has 2 N–H and O–H groups in total. The quantitative estimate of drug-likeness (QED) is 0.263. The number of hydrogen-bond acceptors (Lipinski definition) is 7. The molecule has 0 fully saturated rings. The third-order valence-corrected chi connectivity index (χ3v) is 6.48. The number of nitrogens with zero attached hydrogens (tertiary/aromatic N) is 1. The van der Waals surface area contributed by atoms with Gasteiger partial charge < -0.3 is 19.9 Å². The molecule has 36 heavy (non-hydrogen) atoms. The van der Waals surface area contributed by atoms with E-state index in [1.54, 1.807) is 53.9 Å². The molecule has 0 aliphatic carbocycles. The first-order valence-electron chi connectivity index (χ1n) is 11.0. The fourth-order valence-electron chi connectivity index (χ4n) is 3.93. The second kappa shape index (κ2) is 9.94. The molecular formula is C28H19FN2O4S. The first-order chi connectivity index (χ1) is 17.5. The number of thiophene rings is 1. The van der Waals surface area contributed by atoms with Gasteiger partial charge in [0, 0.05) is 11.6 Å². The number of rotatable bonds is 6. The molecule has 4 aromatic rings. The van der Waals surface area contributed by atoms with E-state index in [1.165, 1.54) is 23.5 Å². The third-order valence-electron chi connectivity index (χ3n) is 5.63. The second-order valence-electron chi connectivity index (χ2n) is 7.98. The van der Waals surface area contributed by atoms with E-state index in [4.69, 9.17) is 19.9 Å². The lowest BCUT2D eigenvalue weighted by atomic mass is 9.83. The molecule has 1 aliphatic heterocycles. The predicted molar refractivity (Wildman–Crippen MR) is 132 cm³/mol. The van der Waals surface area contributed by atoms with Gasteiger partial charge in [-0.25, -0.2) is 9.18 Å². The SMILES string of the molecule is N#CC1=C(N)Oc2cc(OC(=O)c3cccs3)ccc2C1c1cccc(OCc2ccc(F)cc2)c1. The van der Waals surface area contributed by atoms with Crippen LogP contribution in [0.5, 0.6) is 17.2 Å². The Labute approximate surface area is 210 Å². The van der Waals surface area contributed by atoms with Gasteiger partial charge in [0.2, 0.25) is 5.88 Å². The lowest BCUT2D eigenvalue weighted by Crippen LogP contribution is -2.21. The van der Waals surface area contributed by atoms with Crippen LogP contribution < -0.4 is 19.9 Å². The zero-order valence-electron chi connectivity index (χ0n) is 18.8. The van der Waals surface area contributed by atoms with Crippen molar-refractivity contribution in [2.45, 2.75) is 12.5 Å². The molecule has 0 radical (unpaired) electrons. The van der Waals surface area contributed by atoms with Gasteiger partial charge in [-0.15, -0.1) is 11.3 Å². The van der Waals surface area contributed by atoms with Crippen molar-refractivity contribution in [1.29, 1.82) is 5.26 Å². The maximum atomic E-state index is 13.2. The summed E-state index contributed by atoms with van der Waals surface area (Å²) in [5, 5.41) is 11.6. The van der Waals surface area contributed by atoms with E-state index in [1.807, 2.05) is 18.2 Å². The minimum absolute atomic E-state index is 0.0191. The third kappa shape index (κ3) is 4.78. The molecule has 0 bridgehead atoms. The van der Waals surface area contributed by atoms with E-state index in [2.05, 4.69) is 6.07 Å². The van der Waals surface area contributed by atoms with E-state index < -0.39 is 11.9 Å². The molecule has 1 unspecified atom stereocenters. The van der Waals surface area contributed by atoms with Crippen molar-refractivity contribution >= 4 is 17.3 Å². The number of hydrogen-bond donors (Lipinski definition) is 1. The van der Waals surface area contributed by atoms with Gasteiger partial charge in [-0.05, 0) is 52.9 Å². The summed E-state index contributed by atoms with van der Waals surface area (Å²) in [5.41, 5.74) is 8.68.